The minimum absolute atomic E-state index is 0.272. The molecule has 19 heavy (non-hydrogen) atoms. The molecule has 2 aromatic carbocycles. The van der Waals surface area contributed by atoms with E-state index in [0.717, 1.165) is 17.1 Å². The number of hydrogen-bond acceptors (Lipinski definition) is 3. The normalized spacial score (nSPS) is 9.95. The summed E-state index contributed by atoms with van der Waals surface area (Å²) < 4.78 is 5.42. The van der Waals surface area contributed by atoms with Crippen LogP contribution in [0.5, 0.6) is 5.75 Å². The standard InChI is InChI=1S/C15H15NO3/c1-2-19-14-5-3-4-13(10-14)16-12-8-6-11(7-9-12)15(17)18/h3-10,16H,2H2,1H3,(H,17,18). The second-order valence-electron chi connectivity index (χ2n) is 3.97. The van der Waals surface area contributed by atoms with Gasteiger partial charge in [0.1, 0.15) is 5.75 Å². The lowest BCUT2D eigenvalue weighted by molar-refractivity contribution is 0.0697. The molecule has 0 aliphatic carbocycles. The Morgan fingerprint density at radius 3 is 2.53 bits per heavy atom. The highest BCUT2D eigenvalue weighted by atomic mass is 16.5. The minimum atomic E-state index is -0.926. The molecule has 0 radical (unpaired) electrons. The largest absolute Gasteiger partial charge is 0.494 e. The minimum Gasteiger partial charge on any atom is -0.494 e. The van der Waals surface area contributed by atoms with E-state index in [1.54, 1.807) is 24.3 Å². The molecule has 0 saturated carbocycles. The van der Waals surface area contributed by atoms with Crippen LogP contribution in [0.25, 0.3) is 0 Å². The first-order valence-corrected chi connectivity index (χ1v) is 6.02. The van der Waals surface area contributed by atoms with Gasteiger partial charge < -0.3 is 15.2 Å². The van der Waals surface area contributed by atoms with Crippen molar-refractivity contribution in [3.05, 3.63) is 54.1 Å². The number of anilines is 2. The molecule has 0 atom stereocenters. The van der Waals surface area contributed by atoms with Gasteiger partial charge in [0, 0.05) is 17.4 Å². The fourth-order valence-electron chi connectivity index (χ4n) is 1.69. The number of rotatable bonds is 5. The molecule has 4 heteroatoms. The van der Waals surface area contributed by atoms with Gasteiger partial charge in [0.15, 0.2) is 0 Å². The van der Waals surface area contributed by atoms with E-state index in [9.17, 15) is 4.79 Å². The maximum atomic E-state index is 10.8. The van der Waals surface area contributed by atoms with E-state index in [1.807, 2.05) is 31.2 Å². The zero-order valence-electron chi connectivity index (χ0n) is 10.6. The van der Waals surface area contributed by atoms with Gasteiger partial charge in [0.2, 0.25) is 0 Å². The number of ether oxygens (including phenoxy) is 1. The maximum absolute atomic E-state index is 10.8. The molecule has 0 spiro atoms. The van der Waals surface area contributed by atoms with Crippen molar-refractivity contribution in [2.75, 3.05) is 11.9 Å². The van der Waals surface area contributed by atoms with E-state index >= 15 is 0 Å². The average Bonchev–Trinajstić information content (AvgIpc) is 2.40. The summed E-state index contributed by atoms with van der Waals surface area (Å²) in [7, 11) is 0. The molecule has 2 rings (SSSR count). The molecule has 0 aromatic heterocycles. The number of carboxylic acid groups (broad SMARTS) is 1. The van der Waals surface area contributed by atoms with Crippen LogP contribution in [0.2, 0.25) is 0 Å². The van der Waals surface area contributed by atoms with Gasteiger partial charge in [-0.2, -0.15) is 0 Å². The number of aromatic carboxylic acids is 1. The Morgan fingerprint density at radius 1 is 1.16 bits per heavy atom. The SMILES string of the molecule is CCOc1cccc(Nc2ccc(C(=O)O)cc2)c1. The molecule has 0 saturated heterocycles. The summed E-state index contributed by atoms with van der Waals surface area (Å²) in [6.07, 6.45) is 0. The van der Waals surface area contributed by atoms with Crippen LogP contribution in [0, 0.1) is 0 Å². The van der Waals surface area contributed by atoms with Gasteiger partial charge in [-0.1, -0.05) is 6.07 Å². The van der Waals surface area contributed by atoms with Gasteiger partial charge in [0.05, 0.1) is 12.2 Å². The molecular formula is C15H15NO3. The summed E-state index contributed by atoms with van der Waals surface area (Å²) in [6, 6.07) is 14.2. The van der Waals surface area contributed by atoms with Gasteiger partial charge >= 0.3 is 5.97 Å². The lowest BCUT2D eigenvalue weighted by Crippen LogP contribution is -1.97. The molecule has 4 nitrogen and oxygen atoms in total. The van der Waals surface area contributed by atoms with Crippen LogP contribution in [0.1, 0.15) is 17.3 Å². The van der Waals surface area contributed by atoms with E-state index < -0.39 is 5.97 Å². The Hall–Kier alpha value is -2.49. The lowest BCUT2D eigenvalue weighted by Gasteiger charge is -2.09. The lowest BCUT2D eigenvalue weighted by atomic mass is 10.2. The highest BCUT2D eigenvalue weighted by Gasteiger charge is 2.02. The molecule has 0 bridgehead atoms. The van der Waals surface area contributed by atoms with Crippen molar-refractivity contribution in [1.29, 1.82) is 0 Å². The molecule has 0 fully saturated rings. The summed E-state index contributed by atoms with van der Waals surface area (Å²) in [5.74, 6) is -0.125. The molecule has 0 aliphatic rings. The first-order chi connectivity index (χ1) is 9.19. The Kier molecular flexibility index (Phi) is 4.03. The monoisotopic (exact) mass is 257 g/mol. The first kappa shape index (κ1) is 13.0. The highest BCUT2D eigenvalue weighted by molar-refractivity contribution is 5.88. The van der Waals surface area contributed by atoms with Crippen molar-refractivity contribution < 1.29 is 14.6 Å². The molecule has 2 aromatic rings. The van der Waals surface area contributed by atoms with E-state index in [-0.39, 0.29) is 5.56 Å². The van der Waals surface area contributed by atoms with E-state index in [4.69, 9.17) is 9.84 Å². The quantitative estimate of drug-likeness (QED) is 0.860. The fourth-order valence-corrected chi connectivity index (χ4v) is 1.69. The van der Waals surface area contributed by atoms with Crippen LogP contribution in [0.3, 0.4) is 0 Å². The van der Waals surface area contributed by atoms with Crippen molar-refractivity contribution in [2.45, 2.75) is 6.92 Å². The second kappa shape index (κ2) is 5.91. The topological polar surface area (TPSA) is 58.6 Å². The van der Waals surface area contributed by atoms with E-state index in [1.165, 1.54) is 0 Å². The van der Waals surface area contributed by atoms with Crippen LogP contribution in [0.15, 0.2) is 48.5 Å². The van der Waals surface area contributed by atoms with Gasteiger partial charge in [-0.15, -0.1) is 0 Å². The number of carbonyl (C=O) groups is 1. The molecule has 0 heterocycles. The first-order valence-electron chi connectivity index (χ1n) is 6.02. The summed E-state index contributed by atoms with van der Waals surface area (Å²) in [5.41, 5.74) is 2.00. The molecule has 2 N–H and O–H groups in total. The van der Waals surface area contributed by atoms with Crippen LogP contribution in [0.4, 0.5) is 11.4 Å². The summed E-state index contributed by atoms with van der Waals surface area (Å²) in [4.78, 5) is 10.8. The van der Waals surface area contributed by atoms with Gasteiger partial charge in [0.25, 0.3) is 0 Å². The highest BCUT2D eigenvalue weighted by Crippen LogP contribution is 2.21. The summed E-state index contributed by atoms with van der Waals surface area (Å²) >= 11 is 0. The van der Waals surface area contributed by atoms with Gasteiger partial charge in [-0.3, -0.25) is 0 Å². The Bertz CT molecular complexity index is 564. The maximum Gasteiger partial charge on any atom is 0.335 e. The predicted octanol–water partition coefficient (Wildman–Crippen LogP) is 3.53. The van der Waals surface area contributed by atoms with Crippen molar-refractivity contribution in [1.82, 2.24) is 0 Å². The van der Waals surface area contributed by atoms with Crippen molar-refractivity contribution >= 4 is 17.3 Å². The Morgan fingerprint density at radius 2 is 1.89 bits per heavy atom. The fraction of sp³-hybridized carbons (Fsp3) is 0.133. The molecule has 0 aliphatic heterocycles. The third-order valence-corrected chi connectivity index (χ3v) is 2.57. The number of nitrogens with one attached hydrogen (secondary N) is 1. The van der Waals surface area contributed by atoms with Crippen molar-refractivity contribution in [3.8, 4) is 5.75 Å². The molecule has 0 amide bonds. The van der Waals surface area contributed by atoms with Gasteiger partial charge in [-0.05, 0) is 43.3 Å². The average molecular weight is 257 g/mol. The second-order valence-corrected chi connectivity index (χ2v) is 3.97. The third kappa shape index (κ3) is 3.48. The van der Waals surface area contributed by atoms with Crippen molar-refractivity contribution in [2.24, 2.45) is 0 Å². The third-order valence-electron chi connectivity index (χ3n) is 2.57. The number of carboxylic acids is 1. The predicted molar refractivity (Wildman–Crippen MR) is 74.3 cm³/mol. The van der Waals surface area contributed by atoms with Gasteiger partial charge in [-0.25, -0.2) is 4.79 Å². The van der Waals surface area contributed by atoms with Crippen LogP contribution in [-0.4, -0.2) is 17.7 Å². The van der Waals surface area contributed by atoms with Crippen LogP contribution >= 0.6 is 0 Å². The van der Waals surface area contributed by atoms with Crippen LogP contribution in [-0.2, 0) is 0 Å². The summed E-state index contributed by atoms with van der Waals surface area (Å²) in [6.45, 7) is 2.56. The number of hydrogen-bond donors (Lipinski definition) is 2. The van der Waals surface area contributed by atoms with Crippen molar-refractivity contribution in [3.63, 3.8) is 0 Å². The molecule has 0 unspecified atom stereocenters. The molecular weight excluding hydrogens is 242 g/mol. The van der Waals surface area contributed by atoms with Crippen LogP contribution < -0.4 is 10.1 Å². The van der Waals surface area contributed by atoms with E-state index in [2.05, 4.69) is 5.32 Å². The Balaban J connectivity index is 2.12. The molecule has 98 valence electrons. The zero-order valence-corrected chi connectivity index (χ0v) is 10.6. The smallest absolute Gasteiger partial charge is 0.335 e. The zero-order chi connectivity index (χ0) is 13.7. The summed E-state index contributed by atoms with van der Waals surface area (Å²) in [5, 5.41) is 12.0. The number of benzene rings is 2. The van der Waals surface area contributed by atoms with E-state index in [0.29, 0.717) is 6.61 Å². The Labute approximate surface area is 111 Å².